The fourth-order valence-corrected chi connectivity index (χ4v) is 5.54. The van der Waals surface area contributed by atoms with Gasteiger partial charge >= 0.3 is 0 Å². The Kier molecular flexibility index (Phi) is 3.34. The minimum atomic E-state index is 0.939. The largest absolute Gasteiger partial charge is 0.340 e. The minimum Gasteiger partial charge on any atom is -0.340 e. The van der Waals surface area contributed by atoms with Gasteiger partial charge in [-0.05, 0) is 55.9 Å². The van der Waals surface area contributed by atoms with Crippen LogP contribution in [0.4, 0.5) is 0 Å². The molecule has 1 aromatic carbocycles. The second-order valence-corrected chi connectivity index (χ2v) is 7.62. The van der Waals surface area contributed by atoms with Gasteiger partial charge in [0, 0.05) is 17.4 Å². The second-order valence-electron chi connectivity index (χ2n) is 7.62. The molecule has 4 saturated carbocycles. The van der Waals surface area contributed by atoms with Gasteiger partial charge in [0.15, 0.2) is 0 Å². The summed E-state index contributed by atoms with van der Waals surface area (Å²) in [5.41, 5.74) is 2.97. The lowest BCUT2D eigenvalue weighted by molar-refractivity contribution is -0.723. The Morgan fingerprint density at radius 2 is 1.40 bits per heavy atom. The molecule has 0 saturated heterocycles. The van der Waals surface area contributed by atoms with Crippen LogP contribution in [0.3, 0.4) is 0 Å². The lowest BCUT2D eigenvalue weighted by Gasteiger charge is -2.52. The molecular formula is C19H28N+. The van der Waals surface area contributed by atoms with Crippen molar-refractivity contribution < 1.29 is 5.32 Å². The zero-order valence-corrected chi connectivity index (χ0v) is 12.7. The van der Waals surface area contributed by atoms with Crippen molar-refractivity contribution in [2.24, 2.45) is 23.7 Å². The van der Waals surface area contributed by atoms with Gasteiger partial charge in [-0.1, -0.05) is 31.2 Å². The molecule has 0 unspecified atom stereocenters. The van der Waals surface area contributed by atoms with E-state index in [-0.39, 0.29) is 0 Å². The van der Waals surface area contributed by atoms with E-state index in [1.807, 2.05) is 0 Å². The summed E-state index contributed by atoms with van der Waals surface area (Å²) >= 11 is 0. The molecule has 4 aliphatic carbocycles. The van der Waals surface area contributed by atoms with Crippen molar-refractivity contribution in [1.29, 1.82) is 0 Å². The van der Waals surface area contributed by atoms with E-state index in [1.165, 1.54) is 17.7 Å². The number of rotatable bonds is 4. The van der Waals surface area contributed by atoms with Crippen LogP contribution >= 0.6 is 0 Å². The summed E-state index contributed by atoms with van der Waals surface area (Å²) in [6.07, 6.45) is 8.90. The van der Waals surface area contributed by atoms with Crippen LogP contribution in [-0.2, 0) is 13.0 Å². The summed E-state index contributed by atoms with van der Waals surface area (Å²) in [6.45, 7) is 3.42. The SMILES string of the molecule is CCc1ccc(C[NH2+]C2C3CC4CC(C3)CC2C4)cc1. The molecule has 0 spiro atoms. The van der Waals surface area contributed by atoms with E-state index in [2.05, 4.69) is 36.5 Å². The van der Waals surface area contributed by atoms with Gasteiger partial charge in [0.25, 0.3) is 0 Å². The summed E-state index contributed by atoms with van der Waals surface area (Å²) in [4.78, 5) is 0. The number of hydrogen-bond donors (Lipinski definition) is 1. The van der Waals surface area contributed by atoms with Gasteiger partial charge in [-0.2, -0.15) is 0 Å². The molecule has 4 bridgehead atoms. The third kappa shape index (κ3) is 2.30. The molecule has 0 heterocycles. The van der Waals surface area contributed by atoms with Crippen LogP contribution in [0, 0.1) is 23.7 Å². The molecule has 0 aromatic heterocycles. The van der Waals surface area contributed by atoms with Crippen LogP contribution in [0.15, 0.2) is 24.3 Å². The standard InChI is InChI=1S/C19H27N/c1-2-13-3-5-14(6-4-13)12-20-19-17-8-15-7-16(10-17)11-18(19)9-15/h3-6,15-20H,2,7-12H2,1H3/p+1. The van der Waals surface area contributed by atoms with Crippen molar-refractivity contribution in [2.45, 2.75) is 58.0 Å². The highest BCUT2D eigenvalue weighted by atomic mass is 14.9. The van der Waals surface area contributed by atoms with Gasteiger partial charge in [0.05, 0.1) is 6.04 Å². The Morgan fingerprint density at radius 3 is 1.95 bits per heavy atom. The van der Waals surface area contributed by atoms with E-state index in [4.69, 9.17) is 0 Å². The van der Waals surface area contributed by atoms with Crippen molar-refractivity contribution in [3.05, 3.63) is 35.4 Å². The predicted molar refractivity (Wildman–Crippen MR) is 82.3 cm³/mol. The van der Waals surface area contributed by atoms with Gasteiger partial charge in [0.1, 0.15) is 6.54 Å². The zero-order valence-electron chi connectivity index (χ0n) is 12.7. The average Bonchev–Trinajstić information content (AvgIpc) is 2.46. The Bertz CT molecular complexity index is 433. The molecule has 4 fully saturated rings. The molecule has 5 rings (SSSR count). The molecule has 4 aliphatic rings. The van der Waals surface area contributed by atoms with Gasteiger partial charge in [-0.3, -0.25) is 0 Å². The molecule has 0 radical (unpaired) electrons. The fourth-order valence-electron chi connectivity index (χ4n) is 5.54. The Morgan fingerprint density at radius 1 is 0.850 bits per heavy atom. The molecule has 0 aliphatic heterocycles. The monoisotopic (exact) mass is 270 g/mol. The first-order valence-electron chi connectivity index (χ1n) is 8.73. The van der Waals surface area contributed by atoms with E-state index >= 15 is 0 Å². The molecule has 20 heavy (non-hydrogen) atoms. The highest BCUT2D eigenvalue weighted by molar-refractivity contribution is 5.21. The predicted octanol–water partition coefficient (Wildman–Crippen LogP) is 3.14. The molecule has 108 valence electrons. The third-order valence-corrected chi connectivity index (χ3v) is 6.36. The summed E-state index contributed by atoms with van der Waals surface area (Å²) in [5.74, 6) is 4.29. The van der Waals surface area contributed by atoms with Crippen molar-refractivity contribution in [2.75, 3.05) is 0 Å². The molecule has 0 atom stereocenters. The second kappa shape index (κ2) is 5.18. The smallest absolute Gasteiger partial charge is 0.101 e. The molecule has 1 nitrogen and oxygen atoms in total. The Labute approximate surface area is 123 Å². The van der Waals surface area contributed by atoms with Crippen LogP contribution in [-0.4, -0.2) is 6.04 Å². The lowest BCUT2D eigenvalue weighted by Crippen LogP contribution is -2.93. The molecule has 0 amide bonds. The summed E-state index contributed by atoms with van der Waals surface area (Å²) in [7, 11) is 0. The normalized spacial score (nSPS) is 38.4. The van der Waals surface area contributed by atoms with Crippen LogP contribution in [0.2, 0.25) is 0 Å². The number of benzene rings is 1. The van der Waals surface area contributed by atoms with Crippen molar-refractivity contribution >= 4 is 0 Å². The number of aryl methyl sites for hydroxylation is 1. The summed E-state index contributed by atoms with van der Waals surface area (Å²) in [6, 6.07) is 10.2. The first-order chi connectivity index (χ1) is 9.81. The van der Waals surface area contributed by atoms with E-state index < -0.39 is 0 Å². The topological polar surface area (TPSA) is 16.6 Å². The van der Waals surface area contributed by atoms with Crippen LogP contribution in [0.25, 0.3) is 0 Å². The van der Waals surface area contributed by atoms with Gasteiger partial charge < -0.3 is 5.32 Å². The maximum Gasteiger partial charge on any atom is 0.101 e. The summed E-state index contributed by atoms with van der Waals surface area (Å²) in [5, 5.41) is 2.69. The number of quaternary nitrogens is 1. The Balaban J connectivity index is 1.39. The first kappa shape index (κ1) is 12.9. The van der Waals surface area contributed by atoms with E-state index in [9.17, 15) is 0 Å². The van der Waals surface area contributed by atoms with Crippen molar-refractivity contribution in [1.82, 2.24) is 0 Å². The fraction of sp³-hybridized carbons (Fsp3) is 0.684. The average molecular weight is 270 g/mol. The first-order valence-corrected chi connectivity index (χ1v) is 8.73. The zero-order chi connectivity index (χ0) is 13.5. The van der Waals surface area contributed by atoms with Crippen molar-refractivity contribution in [3.63, 3.8) is 0 Å². The maximum absolute atomic E-state index is 2.69. The molecule has 1 aromatic rings. The highest BCUT2D eigenvalue weighted by Crippen LogP contribution is 2.52. The quantitative estimate of drug-likeness (QED) is 0.865. The van der Waals surface area contributed by atoms with E-state index in [1.54, 1.807) is 32.1 Å². The van der Waals surface area contributed by atoms with Gasteiger partial charge in [-0.25, -0.2) is 0 Å². The minimum absolute atomic E-state index is 0.939. The highest BCUT2D eigenvalue weighted by Gasteiger charge is 2.49. The third-order valence-electron chi connectivity index (χ3n) is 6.36. The van der Waals surface area contributed by atoms with E-state index in [0.717, 1.165) is 36.1 Å². The molecule has 1 heteroatoms. The van der Waals surface area contributed by atoms with Crippen LogP contribution in [0.1, 0.15) is 50.2 Å². The van der Waals surface area contributed by atoms with E-state index in [0.29, 0.717) is 0 Å². The number of nitrogens with two attached hydrogens (primary N) is 1. The Hall–Kier alpha value is -0.820. The van der Waals surface area contributed by atoms with Crippen molar-refractivity contribution in [3.8, 4) is 0 Å². The maximum atomic E-state index is 2.69. The van der Waals surface area contributed by atoms with Crippen LogP contribution < -0.4 is 5.32 Å². The van der Waals surface area contributed by atoms with Gasteiger partial charge in [0.2, 0.25) is 0 Å². The molecule has 2 N–H and O–H groups in total. The van der Waals surface area contributed by atoms with Crippen LogP contribution in [0.5, 0.6) is 0 Å². The van der Waals surface area contributed by atoms with Gasteiger partial charge in [-0.15, -0.1) is 0 Å². The molecular weight excluding hydrogens is 242 g/mol. The number of hydrogen-bond acceptors (Lipinski definition) is 0. The lowest BCUT2D eigenvalue weighted by atomic mass is 9.54. The summed E-state index contributed by atoms with van der Waals surface area (Å²) < 4.78 is 0.